The van der Waals surface area contributed by atoms with Crippen LogP contribution in [0.4, 0.5) is 0 Å². The molecule has 614 valence electrons. The molecule has 13 heteroatoms. The summed E-state index contributed by atoms with van der Waals surface area (Å²) in [7, 11) is 0. The van der Waals surface area contributed by atoms with E-state index >= 15 is 0 Å². The fraction of sp³-hybridized carbons (Fsp3) is 0.0254. The van der Waals surface area contributed by atoms with Crippen molar-refractivity contribution in [2.75, 3.05) is 0 Å². The van der Waals surface area contributed by atoms with Gasteiger partial charge in [0.2, 0.25) is 5.95 Å². The van der Waals surface area contributed by atoms with Gasteiger partial charge >= 0.3 is 0 Å². The summed E-state index contributed by atoms with van der Waals surface area (Å²) in [5.41, 5.74) is 17.6. The first-order chi connectivity index (χ1) is 64.7. The fourth-order valence-electron chi connectivity index (χ4n) is 19.5. The average molecular weight is 1730 g/mol. The van der Waals surface area contributed by atoms with Gasteiger partial charge in [0.1, 0.15) is 0 Å². The van der Waals surface area contributed by atoms with Crippen molar-refractivity contribution in [1.29, 1.82) is 0 Å². The predicted molar refractivity (Wildman–Crippen MR) is 549 cm³/mol. The third-order valence-electron chi connectivity index (χ3n) is 25.7. The van der Waals surface area contributed by atoms with E-state index in [0.717, 1.165) is 60.9 Å². The van der Waals surface area contributed by atoms with E-state index in [4.69, 9.17) is 44.9 Å². The summed E-state index contributed by atoms with van der Waals surface area (Å²) in [6.07, 6.45) is 0. The molecule has 0 aliphatic heterocycles. The quantitative estimate of drug-likeness (QED) is 0.132. The SMILES string of the molecule is CC1(C)c2ccccc2-c2ccc(-c3nc(-c4ccccc4)nc(-c4cccc5sc6c7ccccc7ccc6c45)n3)cc21.c1ccc(-c2nc(-c3ccc(-c4ccccc4)c4ccccc34)nc(-c3cccc4sc5c6ccccc6ccc5c34)n2)cc1.c1ccc(-c2nc(-c3cccc4sc5c6ccccc6ccc5c34)nc(-n3c4ccccc4c4ccccc43)n2)cc1. The lowest BCUT2D eigenvalue weighted by Crippen LogP contribution is -2.15. The average Bonchev–Trinajstić information content (AvgIpc) is 1.48. The van der Waals surface area contributed by atoms with Crippen LogP contribution in [0.3, 0.4) is 0 Å². The molecule has 19 aromatic carbocycles. The maximum atomic E-state index is 5.23. The van der Waals surface area contributed by atoms with E-state index in [1.54, 1.807) is 0 Å². The van der Waals surface area contributed by atoms with Crippen LogP contribution in [-0.2, 0) is 5.41 Å². The van der Waals surface area contributed by atoms with Gasteiger partial charge in [-0.05, 0) is 119 Å². The topological polar surface area (TPSA) is 121 Å². The summed E-state index contributed by atoms with van der Waals surface area (Å²) in [5.74, 6) is 5.98. The number of nitrogens with zero attached hydrogens (tertiary/aromatic N) is 10. The van der Waals surface area contributed by atoms with Crippen molar-refractivity contribution in [1.82, 2.24) is 49.4 Å². The molecule has 0 N–H and O–H groups in total. The third kappa shape index (κ3) is 13.2. The summed E-state index contributed by atoms with van der Waals surface area (Å²) < 4.78 is 9.71. The highest BCUT2D eigenvalue weighted by Gasteiger charge is 2.36. The number of aromatic nitrogens is 10. The van der Waals surface area contributed by atoms with Crippen molar-refractivity contribution in [3.05, 3.63) is 424 Å². The molecule has 0 saturated carbocycles. The minimum Gasteiger partial charge on any atom is -0.278 e. The van der Waals surface area contributed by atoms with Crippen molar-refractivity contribution in [2.24, 2.45) is 0 Å². The normalized spacial score (nSPS) is 12.3. The van der Waals surface area contributed by atoms with Crippen molar-refractivity contribution in [3.63, 3.8) is 0 Å². The number of hydrogen-bond donors (Lipinski definition) is 0. The van der Waals surface area contributed by atoms with Crippen LogP contribution in [0.2, 0.25) is 0 Å². The Bertz CT molecular complexity index is 9050. The Kier molecular flexibility index (Phi) is 18.6. The van der Waals surface area contributed by atoms with E-state index in [1.165, 1.54) is 142 Å². The van der Waals surface area contributed by atoms with E-state index in [9.17, 15) is 0 Å². The molecule has 26 aromatic rings. The van der Waals surface area contributed by atoms with Gasteiger partial charge in [0.25, 0.3) is 0 Å². The van der Waals surface area contributed by atoms with E-state index in [0.29, 0.717) is 52.5 Å². The molecule has 0 atom stereocenters. The van der Waals surface area contributed by atoms with Crippen molar-refractivity contribution in [2.45, 2.75) is 19.3 Å². The van der Waals surface area contributed by atoms with E-state index in [1.807, 2.05) is 88.6 Å². The summed E-state index contributed by atoms with van der Waals surface area (Å²) in [4.78, 5) is 46.3. The standard InChI is InChI=1S/C41H25N3S.C40H27N3S.C37H22N4S/c1-3-12-26(13-4-1)29-24-25-33(32-19-10-9-18-31(29)32)40-42-39(28-15-5-2-6-16-28)43-41(44-40)35-20-11-21-36-37(35)34-23-22-27-14-7-8-17-30(27)38(34)45-36;1-40(2)32-17-9-8-15-28(32)29-21-20-26(23-33(29)40)38-41-37(25-12-4-3-5-13-25)42-39(43-38)31-16-10-18-34-35(31)30-22-19-24-11-6-7-14-27(24)36(30)44-34;1-2-12-24(13-3-1)35-38-36(40-37(39-35)41-30-18-8-6-15-26(30)27-16-7-9-19-31(27)41)29-17-10-20-32-33(29)28-22-21-23-11-4-5-14-25(23)34(28)42-32/h1-25H;3-23H,1-2H3;1-22H. The zero-order chi connectivity index (χ0) is 86.8. The van der Waals surface area contributed by atoms with Crippen molar-refractivity contribution in [3.8, 4) is 119 Å². The Hall–Kier alpha value is -16.3. The van der Waals surface area contributed by atoms with Crippen molar-refractivity contribution < 1.29 is 0 Å². The Morgan fingerprint density at radius 2 is 0.511 bits per heavy atom. The second-order valence-electron chi connectivity index (χ2n) is 33.7. The molecule has 1 aliphatic carbocycles. The van der Waals surface area contributed by atoms with Gasteiger partial charge in [-0.1, -0.05) is 384 Å². The van der Waals surface area contributed by atoms with Crippen LogP contribution in [0.1, 0.15) is 25.0 Å². The maximum Gasteiger partial charge on any atom is 0.238 e. The minimum atomic E-state index is -0.107. The Morgan fingerprint density at radius 1 is 0.198 bits per heavy atom. The molecule has 1 aliphatic rings. The highest BCUT2D eigenvalue weighted by molar-refractivity contribution is 7.27. The molecule has 0 amide bonds. The summed E-state index contributed by atoms with van der Waals surface area (Å²) >= 11 is 5.50. The molecule has 0 radical (unpaired) electrons. The molecule has 131 heavy (non-hydrogen) atoms. The number of para-hydroxylation sites is 2. The molecular weight excluding hydrogens is 1650 g/mol. The van der Waals surface area contributed by atoms with Crippen LogP contribution >= 0.6 is 34.0 Å². The van der Waals surface area contributed by atoms with Gasteiger partial charge in [-0.15, -0.1) is 34.0 Å². The lowest BCUT2D eigenvalue weighted by molar-refractivity contribution is 0.660. The zero-order valence-corrected chi connectivity index (χ0v) is 73.4. The van der Waals surface area contributed by atoms with E-state index in [-0.39, 0.29) is 5.41 Å². The molecule has 0 fully saturated rings. The van der Waals surface area contributed by atoms with E-state index < -0.39 is 0 Å². The summed E-state index contributed by atoms with van der Waals surface area (Å²) in [6.45, 7) is 4.61. The lowest BCUT2D eigenvalue weighted by Gasteiger charge is -2.21. The summed E-state index contributed by atoms with van der Waals surface area (Å²) in [5, 5.41) is 19.5. The Balaban J connectivity index is 0.000000106. The van der Waals surface area contributed by atoms with Gasteiger partial charge in [-0.25, -0.2) is 34.9 Å². The predicted octanol–water partition coefficient (Wildman–Crippen LogP) is 31.7. The number of hydrogen-bond acceptors (Lipinski definition) is 12. The smallest absolute Gasteiger partial charge is 0.238 e. The third-order valence-corrected chi connectivity index (χ3v) is 29.4. The first-order valence-corrected chi connectivity index (χ1v) is 46.4. The van der Waals surface area contributed by atoms with Gasteiger partial charge in [0.15, 0.2) is 46.6 Å². The zero-order valence-electron chi connectivity index (χ0n) is 71.0. The Morgan fingerprint density at radius 3 is 0.977 bits per heavy atom. The largest absolute Gasteiger partial charge is 0.278 e. The van der Waals surface area contributed by atoms with Crippen LogP contribution in [0.15, 0.2) is 413 Å². The molecule has 0 bridgehead atoms. The first-order valence-electron chi connectivity index (χ1n) is 44.0. The van der Waals surface area contributed by atoms with Crippen LogP contribution in [0.5, 0.6) is 0 Å². The van der Waals surface area contributed by atoms with Gasteiger partial charge < -0.3 is 0 Å². The van der Waals surface area contributed by atoms with E-state index in [2.05, 4.69) is 376 Å². The van der Waals surface area contributed by atoms with Gasteiger partial charge in [0.05, 0.1) is 11.0 Å². The Labute approximate surface area is 765 Å². The second kappa shape index (κ2) is 31.6. The van der Waals surface area contributed by atoms with Gasteiger partial charge in [-0.3, -0.25) is 4.57 Å². The number of rotatable bonds is 10. The molecule has 10 nitrogen and oxygen atoms in total. The van der Waals surface area contributed by atoms with Crippen LogP contribution in [-0.4, -0.2) is 49.4 Å². The monoisotopic (exact) mass is 1730 g/mol. The van der Waals surface area contributed by atoms with Crippen LogP contribution < -0.4 is 0 Å². The second-order valence-corrected chi connectivity index (χ2v) is 36.9. The van der Waals surface area contributed by atoms with Crippen molar-refractivity contribution >= 4 is 159 Å². The van der Waals surface area contributed by atoms with Gasteiger partial charge in [-0.2, -0.15) is 9.97 Å². The van der Waals surface area contributed by atoms with Crippen LogP contribution in [0.25, 0.3) is 245 Å². The maximum absolute atomic E-state index is 5.23. The fourth-order valence-corrected chi connectivity index (χ4v) is 23.3. The van der Waals surface area contributed by atoms with Crippen LogP contribution in [0, 0.1) is 0 Å². The lowest BCUT2D eigenvalue weighted by atomic mass is 9.82. The highest BCUT2D eigenvalue weighted by Crippen LogP contribution is 2.52. The molecule has 0 spiro atoms. The molecule has 7 aromatic heterocycles. The van der Waals surface area contributed by atoms with Gasteiger partial charge in [0, 0.05) is 121 Å². The number of fused-ring (bicyclic) bond motifs is 22. The molecule has 0 saturated heterocycles. The highest BCUT2D eigenvalue weighted by atomic mass is 32.1. The molecule has 27 rings (SSSR count). The molecule has 0 unspecified atom stereocenters. The number of thiophene rings is 3. The number of benzene rings is 19. The summed E-state index contributed by atoms with van der Waals surface area (Å²) in [6, 6.07) is 145. The first kappa shape index (κ1) is 77.1. The molecular formula is C118H74N10S3. The minimum absolute atomic E-state index is 0.107. The molecule has 7 heterocycles.